The normalized spacial score (nSPS) is 20.8. The van der Waals surface area contributed by atoms with Gasteiger partial charge in [-0.25, -0.2) is 9.79 Å². The minimum atomic E-state index is -0.524. The molecule has 5 heteroatoms. The SMILES string of the molecule is CCC1=NC(=O)NC(C(C)=CC=CCO)C1C(=O)c1ccc(CC)cc1. The van der Waals surface area contributed by atoms with Gasteiger partial charge in [0.1, 0.15) is 0 Å². The van der Waals surface area contributed by atoms with Crippen LogP contribution in [0.1, 0.15) is 43.1 Å². The summed E-state index contributed by atoms with van der Waals surface area (Å²) in [5.41, 5.74) is 3.23. The predicted molar refractivity (Wildman–Crippen MR) is 104 cm³/mol. The highest BCUT2D eigenvalue weighted by atomic mass is 16.2. The Bertz CT molecular complexity index is 745. The molecule has 1 aromatic rings. The largest absolute Gasteiger partial charge is 0.392 e. The number of hydrogen-bond acceptors (Lipinski definition) is 3. The van der Waals surface area contributed by atoms with Crippen LogP contribution in [0.2, 0.25) is 0 Å². The molecular weight excluding hydrogens is 328 g/mol. The standard InChI is InChI=1S/C21H26N2O3/c1-4-15-9-11-16(12-10-15)20(25)18-17(5-2)22-21(26)23-19(18)14(3)8-6-7-13-24/h6-12,18-19,24H,4-5,13H2,1-3H3,(H,23,26). The maximum Gasteiger partial charge on any atom is 0.341 e. The van der Waals surface area contributed by atoms with E-state index in [1.165, 1.54) is 5.56 Å². The summed E-state index contributed by atoms with van der Waals surface area (Å²) in [6.45, 7) is 5.78. The molecule has 2 unspecified atom stereocenters. The number of hydrogen-bond donors (Lipinski definition) is 2. The lowest BCUT2D eigenvalue weighted by atomic mass is 9.81. The fraction of sp³-hybridized carbons (Fsp3) is 0.381. The molecule has 26 heavy (non-hydrogen) atoms. The number of carbonyl (C=O) groups is 2. The van der Waals surface area contributed by atoms with E-state index in [0.717, 1.165) is 12.0 Å². The molecule has 0 fully saturated rings. The number of allylic oxidation sites excluding steroid dienone is 2. The van der Waals surface area contributed by atoms with E-state index in [0.29, 0.717) is 17.7 Å². The minimum absolute atomic E-state index is 0.0443. The topological polar surface area (TPSA) is 78.8 Å². The minimum Gasteiger partial charge on any atom is -0.392 e. The third kappa shape index (κ3) is 4.55. The molecule has 0 bridgehead atoms. The van der Waals surface area contributed by atoms with Gasteiger partial charge in [0.2, 0.25) is 0 Å². The van der Waals surface area contributed by atoms with Crippen LogP contribution >= 0.6 is 0 Å². The molecule has 0 aromatic heterocycles. The van der Waals surface area contributed by atoms with Gasteiger partial charge < -0.3 is 10.4 Å². The van der Waals surface area contributed by atoms with Gasteiger partial charge in [0.05, 0.1) is 18.6 Å². The zero-order valence-electron chi connectivity index (χ0n) is 15.5. The summed E-state index contributed by atoms with van der Waals surface area (Å²) in [5, 5.41) is 11.7. The Balaban J connectivity index is 2.41. The van der Waals surface area contributed by atoms with E-state index in [2.05, 4.69) is 17.2 Å². The maximum absolute atomic E-state index is 13.2. The number of rotatable bonds is 7. The Morgan fingerprint density at radius 3 is 2.50 bits per heavy atom. The van der Waals surface area contributed by atoms with Crippen molar-refractivity contribution in [3.05, 3.63) is 59.2 Å². The van der Waals surface area contributed by atoms with Crippen LogP contribution in [0.4, 0.5) is 4.79 Å². The smallest absolute Gasteiger partial charge is 0.341 e. The quantitative estimate of drug-likeness (QED) is 0.581. The molecule has 1 aliphatic rings. The lowest BCUT2D eigenvalue weighted by molar-refractivity contribution is 0.0939. The van der Waals surface area contributed by atoms with Gasteiger partial charge in [-0.2, -0.15) is 0 Å². The average Bonchev–Trinajstić information content (AvgIpc) is 2.66. The third-order valence-electron chi connectivity index (χ3n) is 4.60. The first-order chi connectivity index (χ1) is 12.5. The van der Waals surface area contributed by atoms with Crippen LogP contribution in [0, 0.1) is 5.92 Å². The number of Topliss-reactive ketones (excluding diaryl/α,β-unsaturated/α-hetero) is 1. The summed E-state index contributed by atoms with van der Waals surface area (Å²) in [7, 11) is 0. The van der Waals surface area contributed by atoms with E-state index >= 15 is 0 Å². The number of ketones is 1. The van der Waals surface area contributed by atoms with Crippen LogP contribution < -0.4 is 5.32 Å². The summed E-state index contributed by atoms with van der Waals surface area (Å²) >= 11 is 0. The van der Waals surface area contributed by atoms with Crippen molar-refractivity contribution in [3.63, 3.8) is 0 Å². The van der Waals surface area contributed by atoms with E-state index in [4.69, 9.17) is 5.11 Å². The number of aliphatic hydroxyl groups excluding tert-OH is 1. The number of nitrogens with one attached hydrogen (secondary N) is 1. The van der Waals surface area contributed by atoms with E-state index in [-0.39, 0.29) is 12.4 Å². The van der Waals surface area contributed by atoms with Crippen LogP contribution in [0.5, 0.6) is 0 Å². The lowest BCUT2D eigenvalue weighted by Crippen LogP contribution is -2.50. The van der Waals surface area contributed by atoms with E-state index in [1.807, 2.05) is 38.1 Å². The van der Waals surface area contributed by atoms with Crippen molar-refractivity contribution in [2.45, 2.75) is 39.7 Å². The summed E-state index contributed by atoms with van der Waals surface area (Å²) in [4.78, 5) is 29.2. The Morgan fingerprint density at radius 1 is 1.23 bits per heavy atom. The van der Waals surface area contributed by atoms with Gasteiger partial charge in [0.25, 0.3) is 0 Å². The number of amides is 2. The first kappa shape index (κ1) is 19.8. The van der Waals surface area contributed by atoms with Crippen molar-refractivity contribution in [1.82, 2.24) is 5.32 Å². The molecule has 5 nitrogen and oxygen atoms in total. The van der Waals surface area contributed by atoms with Crippen LogP contribution in [0.15, 0.2) is 53.1 Å². The number of aliphatic imine (C=N–C) groups is 1. The van der Waals surface area contributed by atoms with Crippen LogP contribution in [0.3, 0.4) is 0 Å². The third-order valence-corrected chi connectivity index (χ3v) is 4.60. The Kier molecular flexibility index (Phi) is 7.04. The van der Waals surface area contributed by atoms with Gasteiger partial charge in [-0.3, -0.25) is 4.79 Å². The number of urea groups is 1. The van der Waals surface area contributed by atoms with E-state index in [1.54, 1.807) is 18.2 Å². The molecule has 1 aromatic carbocycles. The van der Waals surface area contributed by atoms with Crippen molar-refractivity contribution < 1.29 is 14.7 Å². The highest BCUT2D eigenvalue weighted by Crippen LogP contribution is 2.25. The number of aliphatic hydroxyl groups is 1. The van der Waals surface area contributed by atoms with Gasteiger partial charge in [-0.05, 0) is 30.9 Å². The number of nitrogens with zero attached hydrogens (tertiary/aromatic N) is 1. The summed E-state index contributed by atoms with van der Waals surface area (Å²) in [5.74, 6) is -0.568. The average molecular weight is 354 g/mol. The predicted octanol–water partition coefficient (Wildman–Crippen LogP) is 3.49. The second-order valence-corrected chi connectivity index (χ2v) is 6.30. The van der Waals surface area contributed by atoms with Crippen molar-refractivity contribution in [1.29, 1.82) is 0 Å². The second kappa shape index (κ2) is 9.25. The monoisotopic (exact) mass is 354 g/mol. The number of benzene rings is 1. The second-order valence-electron chi connectivity index (χ2n) is 6.30. The highest BCUT2D eigenvalue weighted by Gasteiger charge is 2.37. The van der Waals surface area contributed by atoms with E-state index in [9.17, 15) is 9.59 Å². The summed E-state index contributed by atoms with van der Waals surface area (Å²) in [6, 6.07) is 6.73. The number of carbonyl (C=O) groups excluding carboxylic acids is 2. The zero-order chi connectivity index (χ0) is 19.1. The van der Waals surface area contributed by atoms with Gasteiger partial charge >= 0.3 is 6.03 Å². The maximum atomic E-state index is 13.2. The Hall–Kier alpha value is -2.53. The molecule has 2 N–H and O–H groups in total. The Morgan fingerprint density at radius 2 is 1.92 bits per heavy atom. The van der Waals surface area contributed by atoms with E-state index < -0.39 is 18.0 Å². The van der Waals surface area contributed by atoms with Crippen LogP contribution in [-0.4, -0.2) is 35.3 Å². The zero-order valence-corrected chi connectivity index (χ0v) is 15.5. The lowest BCUT2D eigenvalue weighted by Gasteiger charge is -2.31. The number of aryl methyl sites for hydroxylation is 1. The highest BCUT2D eigenvalue weighted by molar-refractivity contribution is 6.16. The summed E-state index contributed by atoms with van der Waals surface area (Å²) < 4.78 is 0. The van der Waals surface area contributed by atoms with Crippen molar-refractivity contribution in [2.24, 2.45) is 10.9 Å². The molecule has 138 valence electrons. The summed E-state index contributed by atoms with van der Waals surface area (Å²) in [6.07, 6.45) is 6.57. The molecule has 0 radical (unpaired) electrons. The van der Waals surface area contributed by atoms with Crippen molar-refractivity contribution >= 4 is 17.5 Å². The first-order valence-corrected chi connectivity index (χ1v) is 8.97. The van der Waals surface area contributed by atoms with Gasteiger partial charge in [-0.15, -0.1) is 0 Å². The molecule has 0 saturated carbocycles. The molecule has 0 aliphatic carbocycles. The molecule has 0 spiro atoms. The molecule has 2 atom stereocenters. The van der Waals surface area contributed by atoms with Crippen LogP contribution in [0.25, 0.3) is 0 Å². The van der Waals surface area contributed by atoms with Crippen LogP contribution in [-0.2, 0) is 6.42 Å². The van der Waals surface area contributed by atoms with Gasteiger partial charge in [0, 0.05) is 11.3 Å². The molecule has 1 aliphatic heterocycles. The van der Waals surface area contributed by atoms with Crippen molar-refractivity contribution in [2.75, 3.05) is 6.61 Å². The molecule has 0 saturated heterocycles. The molecule has 1 heterocycles. The molecule has 2 rings (SSSR count). The van der Waals surface area contributed by atoms with Gasteiger partial charge in [0.15, 0.2) is 5.78 Å². The van der Waals surface area contributed by atoms with Crippen molar-refractivity contribution in [3.8, 4) is 0 Å². The molecular formula is C21H26N2O3. The Labute approximate surface area is 154 Å². The molecule has 2 amide bonds. The fourth-order valence-corrected chi connectivity index (χ4v) is 3.09. The fourth-order valence-electron chi connectivity index (χ4n) is 3.09. The first-order valence-electron chi connectivity index (χ1n) is 8.97. The van der Waals surface area contributed by atoms with Gasteiger partial charge in [-0.1, -0.05) is 56.3 Å².